The molecule has 256 valence electrons. The van der Waals surface area contributed by atoms with Gasteiger partial charge in [-0.1, -0.05) is 158 Å². The Labute approximate surface area is 316 Å². The third kappa shape index (κ3) is 5.54. The summed E-state index contributed by atoms with van der Waals surface area (Å²) < 4.78 is 0. The summed E-state index contributed by atoms with van der Waals surface area (Å²) in [6.07, 6.45) is 5.43. The average Bonchev–Trinajstić information content (AvgIpc) is 3.88. The van der Waals surface area contributed by atoms with Crippen molar-refractivity contribution in [1.29, 1.82) is 10.5 Å². The van der Waals surface area contributed by atoms with E-state index in [-0.39, 0.29) is 0 Å². The fourth-order valence-corrected chi connectivity index (χ4v) is 8.62. The predicted molar refractivity (Wildman–Crippen MR) is 220 cm³/mol. The first-order valence-electron chi connectivity index (χ1n) is 18.5. The Kier molecular flexibility index (Phi) is 8.56. The minimum Gasteiger partial charge on any atom is -0.339 e. The van der Waals surface area contributed by atoms with Gasteiger partial charge in [-0.05, 0) is 46.2 Å². The number of nitrogens with zero attached hydrogens (tertiary/aromatic N) is 4. The second-order valence-corrected chi connectivity index (χ2v) is 13.7. The van der Waals surface area contributed by atoms with E-state index in [0.717, 1.165) is 59.6 Å². The van der Waals surface area contributed by atoms with Crippen LogP contribution in [0.1, 0.15) is 44.5 Å². The van der Waals surface area contributed by atoms with E-state index in [1.54, 1.807) is 12.2 Å². The van der Waals surface area contributed by atoms with Crippen molar-refractivity contribution in [1.82, 2.24) is 0 Å². The molecule has 54 heavy (non-hydrogen) atoms. The van der Waals surface area contributed by atoms with Crippen LogP contribution in [0.15, 0.2) is 181 Å². The number of benzene rings is 6. The molecule has 0 radical (unpaired) electrons. The molecule has 10 rings (SSSR count). The maximum absolute atomic E-state index is 9.54. The largest absolute Gasteiger partial charge is 0.339 e. The van der Waals surface area contributed by atoms with Gasteiger partial charge in [0.2, 0.25) is 0 Å². The highest BCUT2D eigenvalue weighted by Gasteiger charge is 2.36. The van der Waals surface area contributed by atoms with Crippen molar-refractivity contribution in [3.8, 4) is 12.1 Å². The fraction of sp³-hybridized carbons (Fsp3) is 0.0800. The van der Waals surface area contributed by atoms with E-state index in [9.17, 15) is 10.5 Å². The molecule has 4 heterocycles. The molecule has 0 amide bonds. The van der Waals surface area contributed by atoms with E-state index in [4.69, 9.17) is 0 Å². The van der Waals surface area contributed by atoms with Gasteiger partial charge in [0.25, 0.3) is 0 Å². The van der Waals surface area contributed by atoms with Crippen molar-refractivity contribution in [2.24, 2.45) is 0 Å². The van der Waals surface area contributed by atoms with Crippen LogP contribution < -0.4 is 9.80 Å². The van der Waals surface area contributed by atoms with Gasteiger partial charge in [0.05, 0.1) is 34.9 Å². The zero-order valence-corrected chi connectivity index (χ0v) is 29.8. The first kappa shape index (κ1) is 32.7. The molecule has 0 N–H and O–H groups in total. The number of nitriles is 2. The molecular weight excluding hydrogens is 657 g/mol. The number of anilines is 2. The molecule has 4 aliphatic rings. The third-order valence-corrected chi connectivity index (χ3v) is 10.8. The molecule has 4 nitrogen and oxygen atoms in total. The minimum absolute atomic E-state index is 0.915. The van der Waals surface area contributed by atoms with Crippen LogP contribution in [0.5, 0.6) is 0 Å². The van der Waals surface area contributed by atoms with E-state index in [1.807, 2.05) is 24.3 Å². The Bertz CT molecular complexity index is 2420. The summed E-state index contributed by atoms with van der Waals surface area (Å²) in [5.74, 6) is 0. The lowest BCUT2D eigenvalue weighted by atomic mass is 9.83. The zero-order valence-electron chi connectivity index (χ0n) is 29.8. The summed E-state index contributed by atoms with van der Waals surface area (Å²) in [6.45, 7) is 1.83. The Morgan fingerprint density at radius 1 is 0.389 bits per heavy atom. The van der Waals surface area contributed by atoms with Crippen molar-refractivity contribution in [3.05, 3.63) is 226 Å². The van der Waals surface area contributed by atoms with Crippen LogP contribution in [0, 0.1) is 22.7 Å². The molecule has 0 aromatic heterocycles. The standard InChI is InChI=1S/2C25H18N2/c2*26-16-14-22-24(19-10-5-2-6-11-19)23(18-8-3-1-4-9-18)21-13-7-12-20-15-17-27(22)25(20)21/h2*1-14H,15,17H2/b2*22-14-. The number of hydrogen-bond acceptors (Lipinski definition) is 4. The number of para-hydroxylation sites is 2. The molecule has 6 aromatic rings. The molecule has 0 atom stereocenters. The second-order valence-electron chi connectivity index (χ2n) is 13.7. The van der Waals surface area contributed by atoms with Crippen LogP contribution in [0.4, 0.5) is 11.4 Å². The minimum atomic E-state index is 0.915. The molecule has 0 fully saturated rings. The highest BCUT2D eigenvalue weighted by atomic mass is 15.2. The molecular formula is C50H36N4. The monoisotopic (exact) mass is 692 g/mol. The smallest absolute Gasteiger partial charge is 0.0934 e. The van der Waals surface area contributed by atoms with Crippen molar-refractivity contribution in [2.75, 3.05) is 22.9 Å². The van der Waals surface area contributed by atoms with Gasteiger partial charge in [-0.3, -0.25) is 0 Å². The number of allylic oxidation sites excluding steroid dienone is 4. The van der Waals surface area contributed by atoms with Crippen LogP contribution in [0.2, 0.25) is 0 Å². The molecule has 6 aromatic carbocycles. The fourth-order valence-electron chi connectivity index (χ4n) is 8.62. The van der Waals surface area contributed by atoms with Crippen molar-refractivity contribution in [2.45, 2.75) is 12.8 Å². The molecule has 0 unspecified atom stereocenters. The van der Waals surface area contributed by atoms with E-state index >= 15 is 0 Å². The molecule has 0 bridgehead atoms. The Morgan fingerprint density at radius 2 is 0.722 bits per heavy atom. The first-order chi connectivity index (χ1) is 26.8. The first-order valence-corrected chi connectivity index (χ1v) is 18.5. The van der Waals surface area contributed by atoms with Crippen molar-refractivity contribution >= 4 is 33.7 Å². The third-order valence-electron chi connectivity index (χ3n) is 10.8. The Balaban J connectivity index is 0.000000142. The maximum atomic E-state index is 9.54. The highest BCUT2D eigenvalue weighted by Crippen LogP contribution is 2.52. The van der Waals surface area contributed by atoms with Crippen LogP contribution in [-0.4, -0.2) is 13.1 Å². The van der Waals surface area contributed by atoms with Gasteiger partial charge < -0.3 is 9.80 Å². The van der Waals surface area contributed by atoms with E-state index in [1.165, 1.54) is 55.9 Å². The van der Waals surface area contributed by atoms with E-state index in [2.05, 4.69) is 155 Å². The van der Waals surface area contributed by atoms with Crippen LogP contribution in [-0.2, 0) is 12.8 Å². The summed E-state index contributed by atoms with van der Waals surface area (Å²) in [5.41, 5.74) is 19.1. The average molecular weight is 693 g/mol. The molecule has 0 saturated carbocycles. The lowest BCUT2D eigenvalue weighted by Crippen LogP contribution is -2.25. The Hall–Kier alpha value is -7.14. The number of hydrogen-bond donors (Lipinski definition) is 0. The summed E-state index contributed by atoms with van der Waals surface area (Å²) in [4.78, 5) is 4.64. The lowest BCUT2D eigenvalue weighted by Gasteiger charge is -2.34. The molecule has 0 saturated heterocycles. The predicted octanol–water partition coefficient (Wildman–Crippen LogP) is 10.9. The van der Waals surface area contributed by atoms with Crippen LogP contribution in [0.3, 0.4) is 0 Å². The van der Waals surface area contributed by atoms with Gasteiger partial charge in [0, 0.05) is 58.7 Å². The second kappa shape index (κ2) is 14.1. The number of rotatable bonds is 4. The van der Waals surface area contributed by atoms with Gasteiger partial charge in [0.15, 0.2) is 0 Å². The molecule has 4 heteroatoms. The van der Waals surface area contributed by atoms with E-state index < -0.39 is 0 Å². The lowest BCUT2D eigenvalue weighted by molar-refractivity contribution is 0.964. The van der Waals surface area contributed by atoms with Crippen molar-refractivity contribution < 1.29 is 0 Å². The zero-order chi connectivity index (χ0) is 36.4. The van der Waals surface area contributed by atoms with Crippen molar-refractivity contribution in [3.63, 3.8) is 0 Å². The maximum Gasteiger partial charge on any atom is 0.0934 e. The molecule has 0 aliphatic carbocycles. The summed E-state index contributed by atoms with van der Waals surface area (Å²) in [6, 6.07) is 59.6. The normalized spacial score (nSPS) is 16.4. The van der Waals surface area contributed by atoms with E-state index in [0.29, 0.717) is 0 Å². The van der Waals surface area contributed by atoms with Gasteiger partial charge in [-0.15, -0.1) is 0 Å². The highest BCUT2D eigenvalue weighted by molar-refractivity contribution is 6.13. The van der Waals surface area contributed by atoms with Crippen LogP contribution >= 0.6 is 0 Å². The van der Waals surface area contributed by atoms with Crippen LogP contribution in [0.25, 0.3) is 22.3 Å². The molecule has 0 spiro atoms. The van der Waals surface area contributed by atoms with Gasteiger partial charge in [-0.2, -0.15) is 10.5 Å². The Morgan fingerprint density at radius 3 is 1.06 bits per heavy atom. The van der Waals surface area contributed by atoms with Gasteiger partial charge in [0.1, 0.15) is 0 Å². The summed E-state index contributed by atoms with van der Waals surface area (Å²) in [5, 5.41) is 19.1. The quantitative estimate of drug-likeness (QED) is 0.173. The van der Waals surface area contributed by atoms with Gasteiger partial charge in [-0.25, -0.2) is 0 Å². The summed E-state index contributed by atoms with van der Waals surface area (Å²) >= 11 is 0. The van der Waals surface area contributed by atoms with Gasteiger partial charge >= 0.3 is 0 Å². The molecule has 4 aliphatic heterocycles. The topological polar surface area (TPSA) is 54.1 Å². The summed E-state index contributed by atoms with van der Waals surface area (Å²) in [7, 11) is 0. The SMILES string of the molecule is N#C/C=C1/C(c2ccccc2)=C(c2ccccc2)c2cccc3c2N1CC3.N#C/C=C1/C(c2ccccc2)=C(c2ccccc2)c2cccc3c2N1CC3.